The molecule has 0 radical (unpaired) electrons. The molecule has 18 heavy (non-hydrogen) atoms. The third-order valence-electron chi connectivity index (χ3n) is 2.30. The van der Waals surface area contributed by atoms with Gasteiger partial charge < -0.3 is 10.8 Å². The Labute approximate surface area is 98.0 Å². The van der Waals surface area contributed by atoms with Crippen molar-refractivity contribution in [2.45, 2.75) is 24.7 Å². The number of nitrogens with two attached hydrogens (primary N) is 1. The molecule has 0 aromatic heterocycles. The normalized spacial score (nSPS) is 15.6. The first-order chi connectivity index (χ1) is 8.12. The Kier molecular flexibility index (Phi) is 4.23. The number of aliphatic hydroxyl groups is 1. The Morgan fingerprint density at radius 2 is 1.56 bits per heavy atom. The third-order valence-corrected chi connectivity index (χ3v) is 2.30. The van der Waals surface area contributed by atoms with Crippen molar-refractivity contribution >= 4 is 0 Å². The number of benzene rings is 1. The Bertz CT molecular complexity index is 433. The summed E-state index contributed by atoms with van der Waals surface area (Å²) in [7, 11) is 0. The molecule has 0 spiro atoms. The molecule has 1 rings (SSSR count). The number of aliphatic hydroxyl groups excluding tert-OH is 1. The van der Waals surface area contributed by atoms with Crippen molar-refractivity contribution in [1.29, 1.82) is 0 Å². The maximum absolute atomic E-state index is 13.1. The van der Waals surface area contributed by atoms with E-state index in [0.29, 0.717) is 6.07 Å². The second-order valence-corrected chi connectivity index (χ2v) is 3.69. The van der Waals surface area contributed by atoms with Gasteiger partial charge in [0.2, 0.25) is 0 Å². The van der Waals surface area contributed by atoms with Gasteiger partial charge in [0.05, 0.1) is 6.10 Å². The van der Waals surface area contributed by atoms with Crippen LogP contribution in [0.2, 0.25) is 0 Å². The fourth-order valence-corrected chi connectivity index (χ4v) is 1.29. The zero-order chi connectivity index (χ0) is 14.1. The second kappa shape index (κ2) is 5.15. The number of halogens is 6. The predicted molar refractivity (Wildman–Crippen MR) is 49.9 cm³/mol. The van der Waals surface area contributed by atoms with E-state index in [-0.39, 0.29) is 6.07 Å². The fraction of sp³-hybridized carbons (Fsp3) is 0.400. The van der Waals surface area contributed by atoms with E-state index in [1.165, 1.54) is 0 Å². The minimum atomic E-state index is -4.77. The summed E-state index contributed by atoms with van der Waals surface area (Å²) in [5.74, 6) is -4.30. The first kappa shape index (κ1) is 14.8. The van der Waals surface area contributed by atoms with Gasteiger partial charge in [-0.15, -0.1) is 0 Å². The van der Waals surface area contributed by atoms with Gasteiger partial charge in [-0.25, -0.2) is 13.2 Å². The predicted octanol–water partition coefficient (Wildman–Crippen LogP) is 2.42. The Morgan fingerprint density at radius 1 is 1.06 bits per heavy atom. The molecule has 0 fully saturated rings. The molecule has 1 aromatic carbocycles. The zero-order valence-corrected chi connectivity index (χ0v) is 8.81. The molecule has 2 nitrogen and oxygen atoms in total. The Morgan fingerprint density at radius 3 is 2.06 bits per heavy atom. The second-order valence-electron chi connectivity index (χ2n) is 3.69. The van der Waals surface area contributed by atoms with Crippen LogP contribution in [0.1, 0.15) is 18.1 Å². The molecular formula is C10H9F6NO. The summed E-state index contributed by atoms with van der Waals surface area (Å²) >= 11 is 0. The van der Waals surface area contributed by atoms with E-state index in [1.54, 1.807) is 0 Å². The van der Waals surface area contributed by atoms with Crippen LogP contribution >= 0.6 is 0 Å². The van der Waals surface area contributed by atoms with Gasteiger partial charge in [0.25, 0.3) is 0 Å². The summed E-state index contributed by atoms with van der Waals surface area (Å²) in [6.07, 6.45) is -7.79. The lowest BCUT2D eigenvalue weighted by molar-refractivity contribution is -0.154. The minimum absolute atomic E-state index is 0.146. The molecule has 0 aliphatic carbocycles. The number of alkyl halides is 3. The quantitative estimate of drug-likeness (QED) is 0.656. The van der Waals surface area contributed by atoms with Crippen molar-refractivity contribution in [1.82, 2.24) is 0 Å². The van der Waals surface area contributed by atoms with E-state index >= 15 is 0 Å². The van der Waals surface area contributed by atoms with Crippen LogP contribution in [-0.4, -0.2) is 17.3 Å². The summed E-state index contributed by atoms with van der Waals surface area (Å²) < 4.78 is 74.8. The standard InChI is InChI=1S/C10H9F6NO/c11-5-2-7(13)6(12)1-4(5)8(18)3-9(17)10(14,15)16/h1-2,8-9,18H,3,17H2/t8-,9+/m1/s1. The van der Waals surface area contributed by atoms with Crippen molar-refractivity contribution < 1.29 is 31.4 Å². The fourth-order valence-electron chi connectivity index (χ4n) is 1.29. The van der Waals surface area contributed by atoms with E-state index in [1.807, 2.05) is 0 Å². The highest BCUT2D eigenvalue weighted by atomic mass is 19.4. The average Bonchev–Trinajstić information content (AvgIpc) is 2.21. The van der Waals surface area contributed by atoms with E-state index in [0.717, 1.165) is 0 Å². The van der Waals surface area contributed by atoms with Crippen LogP contribution in [0.25, 0.3) is 0 Å². The molecule has 0 aliphatic heterocycles. The maximum atomic E-state index is 13.1. The molecule has 0 unspecified atom stereocenters. The molecule has 0 heterocycles. The van der Waals surface area contributed by atoms with Crippen LogP contribution in [0, 0.1) is 17.5 Å². The van der Waals surface area contributed by atoms with Gasteiger partial charge in [-0.3, -0.25) is 0 Å². The zero-order valence-electron chi connectivity index (χ0n) is 8.81. The van der Waals surface area contributed by atoms with Crippen LogP contribution in [0.15, 0.2) is 12.1 Å². The molecular weight excluding hydrogens is 264 g/mol. The first-order valence-corrected chi connectivity index (χ1v) is 4.77. The lowest BCUT2D eigenvalue weighted by Crippen LogP contribution is -2.38. The van der Waals surface area contributed by atoms with Crippen molar-refractivity contribution in [3.8, 4) is 0 Å². The van der Waals surface area contributed by atoms with Crippen LogP contribution in [0.4, 0.5) is 26.3 Å². The highest BCUT2D eigenvalue weighted by Gasteiger charge is 2.38. The summed E-state index contributed by atoms with van der Waals surface area (Å²) in [6.45, 7) is 0. The minimum Gasteiger partial charge on any atom is -0.388 e. The molecule has 0 saturated carbocycles. The van der Waals surface area contributed by atoms with Crippen LogP contribution in [0.5, 0.6) is 0 Å². The SMILES string of the molecule is N[C@@H](C[C@@H](O)c1cc(F)c(F)cc1F)C(F)(F)F. The number of rotatable bonds is 3. The highest BCUT2D eigenvalue weighted by molar-refractivity contribution is 5.22. The van der Waals surface area contributed by atoms with Gasteiger partial charge in [-0.1, -0.05) is 0 Å². The van der Waals surface area contributed by atoms with E-state index < -0.39 is 47.8 Å². The van der Waals surface area contributed by atoms with Gasteiger partial charge in [-0.05, 0) is 6.07 Å². The summed E-state index contributed by atoms with van der Waals surface area (Å²) in [5, 5.41) is 9.34. The van der Waals surface area contributed by atoms with E-state index in [4.69, 9.17) is 5.73 Å². The molecule has 0 amide bonds. The topological polar surface area (TPSA) is 46.2 Å². The smallest absolute Gasteiger partial charge is 0.388 e. The van der Waals surface area contributed by atoms with Gasteiger partial charge in [0.15, 0.2) is 11.6 Å². The van der Waals surface area contributed by atoms with Crippen LogP contribution in [-0.2, 0) is 0 Å². The maximum Gasteiger partial charge on any atom is 0.403 e. The van der Waals surface area contributed by atoms with Gasteiger partial charge >= 0.3 is 6.18 Å². The van der Waals surface area contributed by atoms with Crippen molar-refractivity contribution in [2.75, 3.05) is 0 Å². The van der Waals surface area contributed by atoms with Gasteiger partial charge in [-0.2, -0.15) is 13.2 Å². The largest absolute Gasteiger partial charge is 0.403 e. The summed E-state index contributed by atoms with van der Waals surface area (Å²) in [6, 6.07) is -1.94. The molecule has 0 bridgehead atoms. The molecule has 3 N–H and O–H groups in total. The first-order valence-electron chi connectivity index (χ1n) is 4.77. The number of hydrogen-bond donors (Lipinski definition) is 2. The highest BCUT2D eigenvalue weighted by Crippen LogP contribution is 2.28. The molecule has 8 heteroatoms. The molecule has 102 valence electrons. The van der Waals surface area contributed by atoms with Crippen molar-refractivity contribution in [3.05, 3.63) is 35.1 Å². The van der Waals surface area contributed by atoms with E-state index in [9.17, 15) is 31.4 Å². The lowest BCUT2D eigenvalue weighted by Gasteiger charge is -2.19. The molecule has 0 aliphatic rings. The van der Waals surface area contributed by atoms with Gasteiger partial charge in [0.1, 0.15) is 11.9 Å². The van der Waals surface area contributed by atoms with Crippen molar-refractivity contribution in [3.63, 3.8) is 0 Å². The molecule has 0 saturated heterocycles. The lowest BCUT2D eigenvalue weighted by atomic mass is 10.0. The Balaban J connectivity index is 2.91. The average molecular weight is 273 g/mol. The molecule has 2 atom stereocenters. The summed E-state index contributed by atoms with van der Waals surface area (Å²) in [5.41, 5.74) is 3.96. The van der Waals surface area contributed by atoms with Crippen LogP contribution < -0.4 is 5.73 Å². The van der Waals surface area contributed by atoms with Crippen molar-refractivity contribution in [2.24, 2.45) is 5.73 Å². The monoisotopic (exact) mass is 273 g/mol. The number of hydrogen-bond acceptors (Lipinski definition) is 2. The third kappa shape index (κ3) is 3.36. The van der Waals surface area contributed by atoms with Gasteiger partial charge in [0, 0.05) is 18.1 Å². The van der Waals surface area contributed by atoms with Crippen LogP contribution in [0.3, 0.4) is 0 Å². The molecule has 1 aromatic rings. The Hall–Kier alpha value is -1.28. The summed E-state index contributed by atoms with van der Waals surface area (Å²) in [4.78, 5) is 0. The van der Waals surface area contributed by atoms with E-state index in [2.05, 4.69) is 0 Å².